The van der Waals surface area contributed by atoms with Gasteiger partial charge in [0, 0.05) is 29.9 Å². The molecule has 1 fully saturated rings. The molecule has 2 aromatic rings. The van der Waals surface area contributed by atoms with Gasteiger partial charge in [0.25, 0.3) is 11.6 Å². The van der Waals surface area contributed by atoms with E-state index in [1.165, 1.54) is 20.3 Å². The van der Waals surface area contributed by atoms with Gasteiger partial charge in [-0.1, -0.05) is 6.07 Å². The second-order valence-corrected chi connectivity index (χ2v) is 7.29. The topological polar surface area (TPSA) is 111 Å². The van der Waals surface area contributed by atoms with Gasteiger partial charge in [0.2, 0.25) is 5.91 Å². The van der Waals surface area contributed by atoms with Gasteiger partial charge in [-0.25, -0.2) is 0 Å². The molecule has 0 radical (unpaired) electrons. The highest BCUT2D eigenvalue weighted by molar-refractivity contribution is 6.08. The van der Waals surface area contributed by atoms with Crippen LogP contribution in [0.25, 0.3) is 0 Å². The first-order valence-corrected chi connectivity index (χ1v) is 9.59. The summed E-state index contributed by atoms with van der Waals surface area (Å²) in [5.74, 6) is -0.0621. The second-order valence-electron chi connectivity index (χ2n) is 7.29. The lowest BCUT2D eigenvalue weighted by molar-refractivity contribution is -0.385. The van der Waals surface area contributed by atoms with E-state index in [2.05, 4.69) is 5.32 Å². The molecule has 2 amide bonds. The molecule has 0 spiro atoms. The van der Waals surface area contributed by atoms with Crippen molar-refractivity contribution in [1.29, 1.82) is 0 Å². The van der Waals surface area contributed by atoms with Gasteiger partial charge in [-0.15, -0.1) is 0 Å². The van der Waals surface area contributed by atoms with Crippen LogP contribution in [-0.2, 0) is 11.2 Å². The first kappa shape index (κ1) is 19.7. The van der Waals surface area contributed by atoms with E-state index >= 15 is 0 Å². The number of methoxy groups -OCH3 is 2. The molecule has 0 unspecified atom stereocenters. The van der Waals surface area contributed by atoms with Gasteiger partial charge in [0.05, 0.1) is 25.2 Å². The molecule has 9 nitrogen and oxygen atoms in total. The number of carbonyl (C=O) groups is 2. The summed E-state index contributed by atoms with van der Waals surface area (Å²) in [7, 11) is 2.75. The minimum atomic E-state index is -0.652. The van der Waals surface area contributed by atoms with Crippen molar-refractivity contribution in [1.82, 2.24) is 0 Å². The Labute approximate surface area is 172 Å². The molecule has 0 aromatic heterocycles. The summed E-state index contributed by atoms with van der Waals surface area (Å²) in [6.45, 7) is 0.628. The van der Waals surface area contributed by atoms with Crippen molar-refractivity contribution in [3.8, 4) is 11.5 Å². The second kappa shape index (κ2) is 7.66. The maximum absolute atomic E-state index is 12.8. The number of anilines is 2. The van der Waals surface area contributed by atoms with Gasteiger partial charge < -0.3 is 19.7 Å². The number of amides is 2. The average molecular weight is 411 g/mol. The smallest absolute Gasteiger partial charge is 0.286 e. The van der Waals surface area contributed by atoms with Crippen LogP contribution in [0.1, 0.15) is 28.8 Å². The molecule has 156 valence electrons. The first-order chi connectivity index (χ1) is 14.4. The van der Waals surface area contributed by atoms with Crippen molar-refractivity contribution < 1.29 is 24.0 Å². The predicted molar refractivity (Wildman–Crippen MR) is 109 cm³/mol. The molecule has 9 heteroatoms. The van der Waals surface area contributed by atoms with Crippen molar-refractivity contribution in [3.63, 3.8) is 0 Å². The number of hydrogen-bond acceptors (Lipinski definition) is 6. The van der Waals surface area contributed by atoms with E-state index in [1.54, 1.807) is 17.0 Å². The van der Waals surface area contributed by atoms with E-state index in [4.69, 9.17) is 9.47 Å². The highest BCUT2D eigenvalue weighted by Crippen LogP contribution is 2.38. The number of nitrogens with one attached hydrogen (secondary N) is 1. The Kier molecular flexibility index (Phi) is 5.03. The lowest BCUT2D eigenvalue weighted by Crippen LogP contribution is -2.30. The van der Waals surface area contributed by atoms with Crippen molar-refractivity contribution in [3.05, 3.63) is 51.6 Å². The van der Waals surface area contributed by atoms with Crippen molar-refractivity contribution in [2.24, 2.45) is 5.92 Å². The van der Waals surface area contributed by atoms with Crippen LogP contribution in [0, 0.1) is 16.0 Å². The maximum Gasteiger partial charge on any atom is 0.286 e. The minimum Gasteiger partial charge on any atom is -0.493 e. The van der Waals surface area contributed by atoms with Crippen LogP contribution in [0.3, 0.4) is 0 Å². The fraction of sp³-hybridized carbons (Fsp3) is 0.333. The minimum absolute atomic E-state index is 0.101. The molecule has 1 aliphatic heterocycles. The van der Waals surface area contributed by atoms with E-state index in [-0.39, 0.29) is 28.9 Å². The third kappa shape index (κ3) is 3.54. The van der Waals surface area contributed by atoms with Gasteiger partial charge in [-0.2, -0.15) is 0 Å². The summed E-state index contributed by atoms with van der Waals surface area (Å²) >= 11 is 0. The molecule has 0 bridgehead atoms. The molecule has 30 heavy (non-hydrogen) atoms. The Bertz CT molecular complexity index is 1050. The van der Waals surface area contributed by atoms with Gasteiger partial charge in [-0.05, 0) is 37.0 Å². The lowest BCUT2D eigenvalue weighted by Gasteiger charge is -2.18. The Morgan fingerprint density at radius 1 is 1.13 bits per heavy atom. The number of fused-ring (bicyclic) bond motifs is 1. The number of nitro groups is 1. The zero-order valence-electron chi connectivity index (χ0n) is 16.6. The number of ether oxygens (including phenoxy) is 2. The third-order valence-electron chi connectivity index (χ3n) is 5.37. The Balaban J connectivity index is 1.63. The Hall–Kier alpha value is -3.62. The van der Waals surface area contributed by atoms with Crippen molar-refractivity contribution in [2.45, 2.75) is 19.3 Å². The van der Waals surface area contributed by atoms with Gasteiger partial charge in [0.15, 0.2) is 11.5 Å². The highest BCUT2D eigenvalue weighted by atomic mass is 16.6. The summed E-state index contributed by atoms with van der Waals surface area (Å²) in [5.41, 5.74) is 1.74. The molecule has 2 aromatic carbocycles. The monoisotopic (exact) mass is 411 g/mol. The molecule has 0 saturated heterocycles. The lowest BCUT2D eigenvalue weighted by atomic mass is 10.1. The van der Waals surface area contributed by atoms with Gasteiger partial charge in [-0.3, -0.25) is 19.7 Å². The van der Waals surface area contributed by atoms with Crippen molar-refractivity contribution >= 4 is 28.9 Å². The van der Waals surface area contributed by atoms with Gasteiger partial charge >= 0.3 is 0 Å². The number of rotatable bonds is 6. The molecule has 2 aliphatic rings. The SMILES string of the molecule is COc1cc(C(=O)Nc2ccc3c(c2)N(C(=O)C2CC2)CC3)c([N+](=O)[O-])cc1OC. The molecule has 4 rings (SSSR count). The average Bonchev–Trinajstić information content (AvgIpc) is 3.51. The van der Waals surface area contributed by atoms with E-state index in [1.807, 2.05) is 6.07 Å². The molecule has 1 aliphatic carbocycles. The number of benzene rings is 2. The fourth-order valence-corrected chi connectivity index (χ4v) is 3.64. The van der Waals surface area contributed by atoms with Crippen molar-refractivity contribution in [2.75, 3.05) is 31.0 Å². The maximum atomic E-state index is 12.8. The number of carbonyl (C=O) groups excluding carboxylic acids is 2. The summed E-state index contributed by atoms with van der Waals surface area (Å²) in [6.07, 6.45) is 2.61. The summed E-state index contributed by atoms with van der Waals surface area (Å²) < 4.78 is 10.3. The summed E-state index contributed by atoms with van der Waals surface area (Å²) in [5, 5.41) is 14.2. The summed E-state index contributed by atoms with van der Waals surface area (Å²) in [4.78, 5) is 38.0. The first-order valence-electron chi connectivity index (χ1n) is 9.59. The van der Waals surface area contributed by atoms with E-state index in [0.29, 0.717) is 12.2 Å². The predicted octanol–water partition coefficient (Wildman–Crippen LogP) is 3.16. The quantitative estimate of drug-likeness (QED) is 0.577. The van der Waals surface area contributed by atoms with Crippen LogP contribution in [-0.4, -0.2) is 37.5 Å². The van der Waals surface area contributed by atoms with E-state index in [9.17, 15) is 19.7 Å². The molecule has 0 atom stereocenters. The van der Waals surface area contributed by atoms with Gasteiger partial charge in [0.1, 0.15) is 5.56 Å². The number of hydrogen-bond donors (Lipinski definition) is 1. The fourth-order valence-electron chi connectivity index (χ4n) is 3.64. The van der Waals surface area contributed by atoms with Crippen LogP contribution in [0.15, 0.2) is 30.3 Å². The van der Waals surface area contributed by atoms with E-state index < -0.39 is 16.5 Å². The van der Waals surface area contributed by atoms with Crippen LogP contribution >= 0.6 is 0 Å². The van der Waals surface area contributed by atoms with Crippen LogP contribution in [0.2, 0.25) is 0 Å². The van der Waals surface area contributed by atoms with Crippen LogP contribution in [0.4, 0.5) is 17.1 Å². The normalized spacial score (nSPS) is 14.8. The Morgan fingerprint density at radius 2 is 1.83 bits per heavy atom. The molecule has 1 saturated carbocycles. The molecular weight excluding hydrogens is 390 g/mol. The van der Waals surface area contributed by atoms with Crippen LogP contribution in [0.5, 0.6) is 11.5 Å². The van der Waals surface area contributed by atoms with E-state index in [0.717, 1.165) is 36.6 Å². The number of nitro benzene ring substituents is 1. The highest BCUT2D eigenvalue weighted by Gasteiger charge is 2.36. The zero-order valence-corrected chi connectivity index (χ0v) is 16.6. The molecule has 1 heterocycles. The Morgan fingerprint density at radius 3 is 2.47 bits per heavy atom. The van der Waals surface area contributed by atoms with Crippen LogP contribution < -0.4 is 19.7 Å². The molecule has 1 N–H and O–H groups in total. The summed E-state index contributed by atoms with van der Waals surface area (Å²) in [6, 6.07) is 7.78. The standard InChI is InChI=1S/C21H21N3O6/c1-29-18-10-15(17(24(27)28)11-19(18)30-2)20(25)22-14-6-5-12-7-8-23(16(12)9-14)21(26)13-3-4-13/h5-6,9-11,13H,3-4,7-8H2,1-2H3,(H,22,25). The number of nitrogens with zero attached hydrogens (tertiary/aromatic N) is 2. The zero-order chi connectivity index (χ0) is 21.4. The largest absolute Gasteiger partial charge is 0.493 e. The third-order valence-corrected chi connectivity index (χ3v) is 5.37. The molecular formula is C21H21N3O6.